The van der Waals surface area contributed by atoms with Gasteiger partial charge in [0.05, 0.1) is 14.2 Å². The molecule has 0 bridgehead atoms. The smallest absolute Gasteiger partial charge is 0.870 e. The number of amides is 9. The number of hydrogen-bond acceptors (Lipinski definition) is 15. The summed E-state index contributed by atoms with van der Waals surface area (Å²) in [6.07, 6.45) is 19.8. The molecule has 0 aromatic heterocycles. The molecule has 3 aliphatic heterocycles. The number of benzene rings is 6. The summed E-state index contributed by atoms with van der Waals surface area (Å²) < 4.78 is 20.5. The molecule has 9 amide bonds. The van der Waals surface area contributed by atoms with Crippen molar-refractivity contribution in [3.05, 3.63) is 191 Å². The van der Waals surface area contributed by atoms with Crippen LogP contribution < -0.4 is 28.3 Å². The van der Waals surface area contributed by atoms with Crippen molar-refractivity contribution in [2.75, 3.05) is 53.5 Å². The van der Waals surface area contributed by atoms with Crippen LogP contribution in [-0.4, -0.2) is 184 Å². The predicted octanol–water partition coefficient (Wildman–Crippen LogP) is 18.8. The van der Waals surface area contributed by atoms with Crippen LogP contribution in [0.4, 0.5) is 14.4 Å². The number of phenolic OH excluding ortho intramolecular Hbond substituents is 1. The number of ether oxygens (including phenoxy) is 4. The Morgan fingerprint density at radius 1 is 0.432 bits per heavy atom. The fourth-order valence-electron chi connectivity index (χ4n) is 18.8. The van der Waals surface area contributed by atoms with Crippen LogP contribution in [0.3, 0.4) is 0 Å². The largest absolute Gasteiger partial charge is 1.00 e. The first-order valence-corrected chi connectivity index (χ1v) is 46.1. The van der Waals surface area contributed by atoms with Crippen molar-refractivity contribution in [1.29, 1.82) is 0 Å². The Bertz CT molecular complexity index is 4890. The van der Waals surface area contributed by atoms with Crippen LogP contribution in [0.2, 0.25) is 30.1 Å². The first-order chi connectivity index (χ1) is 58.4. The van der Waals surface area contributed by atoms with Gasteiger partial charge in [-0.1, -0.05) is 159 Å². The van der Waals surface area contributed by atoms with Gasteiger partial charge >= 0.3 is 54.9 Å². The Morgan fingerprint density at radius 3 is 0.984 bits per heavy atom. The Morgan fingerprint density at radius 2 is 0.728 bits per heavy atom. The van der Waals surface area contributed by atoms with Gasteiger partial charge in [0.2, 0.25) is 0 Å². The minimum atomic E-state index is -1.34. The Balaban J connectivity index is 0.000000203. The maximum absolute atomic E-state index is 14.0. The summed E-state index contributed by atoms with van der Waals surface area (Å²) in [5, 5.41) is 22.8. The number of carboxylic acids is 1. The van der Waals surface area contributed by atoms with Crippen molar-refractivity contribution in [3.8, 4) is 17.2 Å². The van der Waals surface area contributed by atoms with E-state index in [-0.39, 0.29) is 91.1 Å². The summed E-state index contributed by atoms with van der Waals surface area (Å²) in [5.41, 5.74) is 1.04. The van der Waals surface area contributed by atoms with Crippen molar-refractivity contribution in [1.82, 2.24) is 29.4 Å². The van der Waals surface area contributed by atoms with Gasteiger partial charge in [-0.3, -0.25) is 33.9 Å². The second-order valence-electron chi connectivity index (χ2n) is 36.0. The van der Waals surface area contributed by atoms with Gasteiger partial charge in [-0.05, 0) is 318 Å². The van der Waals surface area contributed by atoms with E-state index in [1.807, 2.05) is 87.5 Å². The molecule has 3 heterocycles. The van der Waals surface area contributed by atoms with E-state index >= 15 is 0 Å². The molecule has 672 valence electrons. The minimum Gasteiger partial charge on any atom is -0.870 e. The molecule has 15 rings (SSSR count). The molecule has 0 unspecified atom stereocenters. The maximum atomic E-state index is 14.0. The number of rotatable bonds is 25. The molecule has 9 aliphatic rings. The fraction of sp³-hybridized carbons (Fsp3) is 0.526. The van der Waals surface area contributed by atoms with Crippen molar-refractivity contribution < 1.29 is 98.1 Å². The number of methoxy groups -OCH3 is 2. The number of alkyl halides is 1. The van der Waals surface area contributed by atoms with E-state index in [1.165, 1.54) is 49.2 Å². The molecule has 30 heteroatoms. The third-order valence-electron chi connectivity index (χ3n) is 26.8. The van der Waals surface area contributed by atoms with Gasteiger partial charge in [-0.25, -0.2) is 24.0 Å². The number of imide groups is 3. The summed E-state index contributed by atoms with van der Waals surface area (Å²) in [5.74, 6) is 1.38. The topological polar surface area (TPSA) is 280 Å². The molecule has 9 fully saturated rings. The van der Waals surface area contributed by atoms with Crippen LogP contribution >= 0.6 is 85.5 Å². The van der Waals surface area contributed by atoms with E-state index in [0.29, 0.717) is 156 Å². The average molecular weight is 1900 g/mol. The minimum absolute atomic E-state index is 0. The number of carbonyl (C=O) groups is 9. The van der Waals surface area contributed by atoms with E-state index in [4.69, 9.17) is 83.8 Å². The van der Waals surface area contributed by atoms with Crippen LogP contribution in [0, 0.1) is 17.8 Å². The number of halogens is 7. The molecule has 6 saturated carbocycles. The molecule has 0 atom stereocenters. The number of urea groups is 3. The van der Waals surface area contributed by atoms with Crippen LogP contribution in [0.25, 0.3) is 0 Å². The quantitative estimate of drug-likeness (QED) is 0.0233. The predicted molar refractivity (Wildman–Crippen MR) is 485 cm³/mol. The summed E-state index contributed by atoms with van der Waals surface area (Å²) in [6, 6.07) is 38.4. The number of carbonyl (C=O) groups excluding carboxylic acids is 8. The van der Waals surface area contributed by atoms with E-state index in [0.717, 1.165) is 123 Å². The van der Waals surface area contributed by atoms with Gasteiger partial charge in [0.15, 0.2) is 11.2 Å². The standard InChI is InChI=1S/C32H38Cl2N2O5.C31H36Cl2N2O5.C27H30Cl2N2O3.C5H9BrO2.Li.H2O.H2/c1-31(2,29(38)40-3)41-26-9-5-8-24(18-26)22-12-15-32(16-13-22)28(37)35(20-21-6-4-7-21)30(39)36(32)17-14-23-10-11-25(33)19-27(23)34;1-30(2,28(37)38)40-25-8-4-7-23(17-25)21-11-14-31(15-12-21)27(36)34(19-20-5-3-6-20)29(39)35(31)16-13-22-9-10-24(32)18-26(22)33;28-22-8-7-20(24(29)16-22)11-14-31-26(34)30(17-18-3-1-4-18)25(33)27(31)12-9-19(10-13-27)21-5-2-6-23(32)15-21;1-5(2,6)4(7)8-3;;;/h5,8-11,18-19,21-22H,4,6-7,12-17,20H2,1-3H3;4,7-10,17-18,20-21H,3,5-6,11-16,19H2,1-2H3,(H,37,38);2,5-8,15-16,18-19,32H,1,3-4,9-14,17H2;1-3H3;;1H2;1H/q;;;;+1;;/p-1. The number of aliphatic carboxylic acids is 1. The van der Waals surface area contributed by atoms with Crippen molar-refractivity contribution in [2.45, 2.75) is 246 Å². The molecular formula is C95H116BrCl6LiN6O16. The third kappa shape index (κ3) is 23.0. The molecule has 3 spiro atoms. The van der Waals surface area contributed by atoms with Crippen LogP contribution in [0.5, 0.6) is 17.2 Å². The first-order valence-electron chi connectivity index (χ1n) is 43.1. The third-order valence-corrected chi connectivity index (χ3v) is 28.9. The van der Waals surface area contributed by atoms with Gasteiger partial charge in [0.25, 0.3) is 17.7 Å². The number of phenols is 1. The first kappa shape index (κ1) is 99.9. The number of esters is 2. The van der Waals surface area contributed by atoms with Gasteiger partial charge in [-0.15, -0.1) is 0 Å². The summed E-state index contributed by atoms with van der Waals surface area (Å²) >= 11 is 40.6. The van der Waals surface area contributed by atoms with Crippen LogP contribution in [0.1, 0.15) is 229 Å². The second kappa shape index (κ2) is 42.5. The van der Waals surface area contributed by atoms with E-state index in [1.54, 1.807) is 76.2 Å². The SMILES string of the molecule is CC(C)(Oc1cccc(C2CCC3(CC2)C(=O)N(CC2CCC2)C(=O)N3CCc2ccc(Cl)cc2Cl)c1)C(=O)O.COC(=O)C(C)(C)Br.COC(=O)C(C)(C)Oc1cccc(C2CCC3(CC2)C(=O)N(CC2CCC2)C(=O)N3CCc2ccc(Cl)cc2Cl)c1.O=C1N(CC2CCC2)C(=O)C2(CCC(c3cccc(O)c3)CC2)N1CCc1ccc(Cl)cc1Cl.[HH].[Li+].[OH-]. The van der Waals surface area contributed by atoms with Gasteiger partial charge < -0.3 is 49.3 Å². The molecule has 6 aromatic carbocycles. The van der Waals surface area contributed by atoms with Gasteiger partial charge in [0, 0.05) is 70.8 Å². The molecule has 125 heavy (non-hydrogen) atoms. The summed E-state index contributed by atoms with van der Waals surface area (Å²) in [7, 11) is 2.71. The molecule has 3 saturated heterocycles. The summed E-state index contributed by atoms with van der Waals surface area (Å²) in [4.78, 5) is 127. The fourth-order valence-corrected chi connectivity index (χ4v) is 20.4. The molecule has 3 N–H and O–H groups in total. The summed E-state index contributed by atoms with van der Waals surface area (Å²) in [6.45, 7) is 12.7. The molecular weight excluding hydrogens is 1780 g/mol. The number of nitrogens with zero attached hydrogens (tertiary/aromatic N) is 6. The van der Waals surface area contributed by atoms with Crippen LogP contribution in [0.15, 0.2) is 127 Å². The van der Waals surface area contributed by atoms with Gasteiger partial charge in [-0.2, -0.15) is 0 Å². The average Bonchev–Trinajstić information content (AvgIpc) is 1.59. The number of carboxylic acid groups (broad SMARTS) is 1. The van der Waals surface area contributed by atoms with Gasteiger partial charge in [0.1, 0.15) is 38.2 Å². The monoisotopic (exact) mass is 1890 g/mol. The Hall–Kier alpha value is -7.27. The van der Waals surface area contributed by atoms with E-state index < -0.39 is 44.1 Å². The second-order valence-corrected chi connectivity index (χ2v) is 40.6. The molecule has 22 nitrogen and oxygen atoms in total. The molecule has 6 aromatic rings. The molecule has 0 radical (unpaired) electrons. The van der Waals surface area contributed by atoms with E-state index in [2.05, 4.69) is 26.7 Å². The van der Waals surface area contributed by atoms with Crippen molar-refractivity contribution in [3.63, 3.8) is 0 Å². The number of aromatic hydroxyl groups is 1. The maximum Gasteiger partial charge on any atom is 1.00 e. The zero-order valence-electron chi connectivity index (χ0n) is 72.8. The van der Waals surface area contributed by atoms with Crippen molar-refractivity contribution >= 4 is 139 Å². The number of hydrogen-bond donors (Lipinski definition) is 2. The molecule has 6 aliphatic carbocycles. The normalized spacial score (nSPS) is 22.7. The zero-order chi connectivity index (χ0) is 88.7. The Labute approximate surface area is 785 Å². The zero-order valence-corrected chi connectivity index (χ0v) is 78.9. The van der Waals surface area contributed by atoms with Crippen LogP contribution in [-0.2, 0) is 57.5 Å². The van der Waals surface area contributed by atoms with E-state index in [9.17, 15) is 53.4 Å². The van der Waals surface area contributed by atoms with Crippen molar-refractivity contribution in [2.24, 2.45) is 17.8 Å². The Kier molecular flexibility index (Phi) is 34.0.